The Balaban J connectivity index is 1.95. The topological polar surface area (TPSA) is 49.2 Å². The molecule has 0 saturated carbocycles. The fourth-order valence-electron chi connectivity index (χ4n) is 3.28. The lowest BCUT2D eigenvalue weighted by Crippen LogP contribution is -2.28. The third kappa shape index (κ3) is 2.56. The lowest BCUT2D eigenvalue weighted by molar-refractivity contribution is 0.476. The molecule has 1 N–H and O–H groups in total. The third-order valence-electron chi connectivity index (χ3n) is 4.57. The number of halogens is 1. The fourth-order valence-corrected chi connectivity index (χ4v) is 3.28. The highest BCUT2D eigenvalue weighted by atomic mass is 19.1. The van der Waals surface area contributed by atoms with Crippen molar-refractivity contribution in [3.05, 3.63) is 48.3 Å². The lowest BCUT2D eigenvalue weighted by Gasteiger charge is -2.25. The smallest absolute Gasteiger partial charge is 0.156 e. The molecule has 2 heterocycles. The second-order valence-corrected chi connectivity index (χ2v) is 6.26. The Labute approximate surface area is 139 Å². The first-order valence-corrected chi connectivity index (χ1v) is 8.15. The van der Waals surface area contributed by atoms with Crippen molar-refractivity contribution in [2.75, 3.05) is 11.4 Å². The normalized spacial score (nSPS) is 17.6. The van der Waals surface area contributed by atoms with Crippen LogP contribution in [0.2, 0.25) is 0 Å². The van der Waals surface area contributed by atoms with Crippen molar-refractivity contribution in [2.45, 2.75) is 25.8 Å². The molecule has 4 rings (SSSR count). The molecule has 1 saturated heterocycles. The lowest BCUT2D eigenvalue weighted by atomic mass is 10.1. The molecule has 1 aliphatic heterocycles. The highest BCUT2D eigenvalue weighted by molar-refractivity contribution is 5.84. The first-order valence-electron chi connectivity index (χ1n) is 8.15. The maximum atomic E-state index is 13.3. The number of fused-ring (bicyclic) bond motifs is 1. The van der Waals surface area contributed by atoms with E-state index in [4.69, 9.17) is 9.97 Å². The second-order valence-electron chi connectivity index (χ2n) is 6.26. The number of anilines is 1. The number of hydrogen-bond acceptors (Lipinski definition) is 4. The van der Waals surface area contributed by atoms with Crippen LogP contribution in [0.25, 0.3) is 22.3 Å². The van der Waals surface area contributed by atoms with Gasteiger partial charge in [0.15, 0.2) is 5.82 Å². The van der Waals surface area contributed by atoms with Gasteiger partial charge in [-0.25, -0.2) is 14.4 Å². The molecule has 0 bridgehead atoms. The summed E-state index contributed by atoms with van der Waals surface area (Å²) in [6, 6.07) is 11.7. The molecule has 3 aromatic rings. The van der Waals surface area contributed by atoms with Gasteiger partial charge in [0.05, 0.1) is 11.0 Å². The molecule has 0 amide bonds. The predicted octanol–water partition coefficient (Wildman–Crippen LogP) is 4.13. The van der Waals surface area contributed by atoms with E-state index in [1.54, 1.807) is 30.3 Å². The van der Waals surface area contributed by atoms with E-state index < -0.39 is 0 Å². The summed E-state index contributed by atoms with van der Waals surface area (Å²) in [5, 5.41) is 9.72. The van der Waals surface area contributed by atoms with Gasteiger partial charge < -0.3 is 10.0 Å². The minimum Gasteiger partial charge on any atom is -0.508 e. The van der Waals surface area contributed by atoms with Crippen LogP contribution in [0.4, 0.5) is 10.2 Å². The maximum absolute atomic E-state index is 13.3. The van der Waals surface area contributed by atoms with E-state index in [0.29, 0.717) is 11.6 Å². The molecule has 0 spiro atoms. The number of phenols is 1. The van der Waals surface area contributed by atoms with Crippen LogP contribution in [0, 0.1) is 5.82 Å². The Morgan fingerprint density at radius 1 is 1.08 bits per heavy atom. The molecule has 1 atom stereocenters. The summed E-state index contributed by atoms with van der Waals surface area (Å²) < 4.78 is 13.3. The van der Waals surface area contributed by atoms with Crippen LogP contribution in [-0.2, 0) is 0 Å². The Bertz CT molecular complexity index is 895. The summed E-state index contributed by atoms with van der Waals surface area (Å²) in [6.07, 6.45) is 2.25. The van der Waals surface area contributed by atoms with E-state index in [0.717, 1.165) is 42.0 Å². The van der Waals surface area contributed by atoms with E-state index in [-0.39, 0.29) is 11.6 Å². The van der Waals surface area contributed by atoms with E-state index in [1.165, 1.54) is 12.1 Å². The highest BCUT2D eigenvalue weighted by Gasteiger charge is 2.25. The zero-order valence-electron chi connectivity index (χ0n) is 13.4. The minimum absolute atomic E-state index is 0.157. The van der Waals surface area contributed by atoms with Crippen LogP contribution in [-0.4, -0.2) is 27.7 Å². The van der Waals surface area contributed by atoms with E-state index in [2.05, 4.69) is 11.8 Å². The number of aromatic hydroxyl groups is 1. The molecule has 2 aromatic carbocycles. The second kappa shape index (κ2) is 5.74. The molecule has 1 aromatic heterocycles. The quantitative estimate of drug-likeness (QED) is 0.770. The van der Waals surface area contributed by atoms with Gasteiger partial charge in [-0.15, -0.1) is 0 Å². The van der Waals surface area contributed by atoms with Crippen molar-refractivity contribution < 1.29 is 9.50 Å². The van der Waals surface area contributed by atoms with Crippen LogP contribution in [0.5, 0.6) is 5.75 Å². The summed E-state index contributed by atoms with van der Waals surface area (Å²) in [6.45, 7) is 3.12. The van der Waals surface area contributed by atoms with Gasteiger partial charge in [-0.3, -0.25) is 0 Å². The Kier molecular flexibility index (Phi) is 3.56. The minimum atomic E-state index is -0.277. The fraction of sp³-hybridized carbons (Fsp3) is 0.263. The zero-order chi connectivity index (χ0) is 16.7. The number of benzene rings is 2. The molecule has 1 unspecified atom stereocenters. The van der Waals surface area contributed by atoms with Crippen molar-refractivity contribution in [3.8, 4) is 17.0 Å². The van der Waals surface area contributed by atoms with Gasteiger partial charge in [0.2, 0.25) is 0 Å². The van der Waals surface area contributed by atoms with Gasteiger partial charge in [0, 0.05) is 24.2 Å². The molecule has 1 aliphatic rings. The van der Waals surface area contributed by atoms with Gasteiger partial charge in [-0.2, -0.15) is 0 Å². The first-order chi connectivity index (χ1) is 11.6. The highest BCUT2D eigenvalue weighted by Crippen LogP contribution is 2.34. The van der Waals surface area contributed by atoms with Crippen LogP contribution in [0.3, 0.4) is 0 Å². The zero-order valence-corrected chi connectivity index (χ0v) is 13.4. The average Bonchev–Trinajstić information content (AvgIpc) is 3.00. The van der Waals surface area contributed by atoms with Crippen LogP contribution in [0.1, 0.15) is 19.8 Å². The van der Waals surface area contributed by atoms with Crippen molar-refractivity contribution in [3.63, 3.8) is 0 Å². The van der Waals surface area contributed by atoms with E-state index in [1.807, 2.05) is 0 Å². The van der Waals surface area contributed by atoms with Crippen molar-refractivity contribution in [1.29, 1.82) is 0 Å². The number of rotatable bonds is 2. The molecule has 4 nitrogen and oxygen atoms in total. The number of aromatic nitrogens is 2. The molecular formula is C19H18FN3O. The Morgan fingerprint density at radius 3 is 2.58 bits per heavy atom. The van der Waals surface area contributed by atoms with Gasteiger partial charge in [-0.05, 0) is 56.2 Å². The number of phenolic OH excluding ortho intramolecular Hbond substituents is 1. The summed E-state index contributed by atoms with van der Waals surface area (Å²) in [7, 11) is 0. The van der Waals surface area contributed by atoms with Gasteiger partial charge in [0.1, 0.15) is 17.3 Å². The standard InChI is InChI=1S/C19H18FN3O/c1-12-3-2-10-23(12)19-18(13-4-6-14(20)7-5-13)21-17-11-15(24)8-9-16(17)22-19/h4-9,11-12,24H,2-3,10H2,1H3. The van der Waals surface area contributed by atoms with Gasteiger partial charge in [0.25, 0.3) is 0 Å². The van der Waals surface area contributed by atoms with E-state index >= 15 is 0 Å². The average molecular weight is 323 g/mol. The summed E-state index contributed by atoms with van der Waals surface area (Å²) in [4.78, 5) is 11.8. The van der Waals surface area contributed by atoms with E-state index in [9.17, 15) is 9.50 Å². The molecule has 0 radical (unpaired) electrons. The third-order valence-corrected chi connectivity index (χ3v) is 4.57. The molecule has 24 heavy (non-hydrogen) atoms. The maximum Gasteiger partial charge on any atom is 0.156 e. The first kappa shape index (κ1) is 14.9. The Morgan fingerprint density at radius 2 is 1.88 bits per heavy atom. The molecular weight excluding hydrogens is 305 g/mol. The van der Waals surface area contributed by atoms with Gasteiger partial charge in [-0.1, -0.05) is 0 Å². The molecule has 122 valence electrons. The van der Waals surface area contributed by atoms with Crippen molar-refractivity contribution in [1.82, 2.24) is 9.97 Å². The van der Waals surface area contributed by atoms with Crippen LogP contribution in [0.15, 0.2) is 42.5 Å². The van der Waals surface area contributed by atoms with Crippen molar-refractivity contribution >= 4 is 16.9 Å². The van der Waals surface area contributed by atoms with Crippen LogP contribution >= 0.6 is 0 Å². The summed E-state index contributed by atoms with van der Waals surface area (Å²) in [5.41, 5.74) is 2.92. The number of nitrogens with zero attached hydrogens (tertiary/aromatic N) is 3. The molecule has 5 heteroatoms. The molecule has 0 aliphatic carbocycles. The Hall–Kier alpha value is -2.69. The van der Waals surface area contributed by atoms with Crippen molar-refractivity contribution in [2.24, 2.45) is 0 Å². The van der Waals surface area contributed by atoms with Gasteiger partial charge >= 0.3 is 0 Å². The number of hydrogen-bond donors (Lipinski definition) is 1. The SMILES string of the molecule is CC1CCCN1c1nc2ccc(O)cc2nc1-c1ccc(F)cc1. The van der Waals surface area contributed by atoms with Crippen LogP contribution < -0.4 is 4.90 Å². The predicted molar refractivity (Wildman–Crippen MR) is 92.6 cm³/mol. The largest absolute Gasteiger partial charge is 0.508 e. The monoisotopic (exact) mass is 323 g/mol. The summed E-state index contributed by atoms with van der Waals surface area (Å²) in [5.74, 6) is 0.704. The summed E-state index contributed by atoms with van der Waals surface area (Å²) >= 11 is 0. The molecule has 1 fully saturated rings.